The fraction of sp³-hybridized carbons (Fsp3) is 0.964. The molecule has 0 aliphatic heterocycles. The minimum Gasteiger partial charge on any atom is -0.309 e. The van der Waals surface area contributed by atoms with Gasteiger partial charge in [-0.1, -0.05) is 397 Å². The predicted octanol–water partition coefficient (Wildman–Crippen LogP) is 22.4. The molecule has 0 aliphatic carbocycles. The molecule has 0 saturated heterocycles. The molecule has 0 nitrogen and oxygen atoms in total. The summed E-state index contributed by atoms with van der Waals surface area (Å²) in [5.74, 6) is 0. The van der Waals surface area contributed by atoms with Crippen molar-refractivity contribution >= 4 is 48.4 Å². The van der Waals surface area contributed by atoms with Crippen LogP contribution in [-0.2, 0) is 0 Å². The normalized spacial score (nSPS) is 13.1. The second kappa shape index (κ2) is 40.3. The van der Waals surface area contributed by atoms with Crippen LogP contribution in [0.25, 0.3) is 0 Å². The van der Waals surface area contributed by atoms with E-state index in [9.17, 15) is 0 Å². The van der Waals surface area contributed by atoms with Crippen LogP contribution >= 0.6 is 0 Å². The maximum absolute atomic E-state index is 2.54. The van der Waals surface area contributed by atoms with Gasteiger partial charge in [-0.25, -0.2) is 0 Å². The van der Waals surface area contributed by atoms with E-state index >= 15 is 0 Å². The van der Waals surface area contributed by atoms with Gasteiger partial charge < -0.3 is 9.58 Å². The molecule has 0 radical (unpaired) electrons. The maximum atomic E-state index is 2.54. The Balaban J connectivity index is -0.00000112. The molecule has 0 spiro atoms. The van der Waals surface area contributed by atoms with Crippen LogP contribution < -0.4 is 0 Å². The number of rotatable bonds is 42. The zero-order chi connectivity index (χ0) is 47.6. The van der Waals surface area contributed by atoms with Crippen molar-refractivity contribution in [1.82, 2.24) is 0 Å². The molecule has 0 fully saturated rings. The van der Waals surface area contributed by atoms with Gasteiger partial charge in [0.25, 0.3) is 0 Å². The van der Waals surface area contributed by atoms with Crippen molar-refractivity contribution < 1.29 is 40.4 Å². The fourth-order valence-corrected chi connectivity index (χ4v) is 83.2. The van der Waals surface area contributed by atoms with Crippen molar-refractivity contribution in [2.24, 2.45) is 0 Å². The molecule has 0 aromatic heterocycles. The third-order valence-corrected chi connectivity index (χ3v) is 68.0. The van der Waals surface area contributed by atoms with E-state index < -0.39 is 48.4 Å². The third-order valence-electron chi connectivity index (χ3n) is 16.3. The molecule has 7 heteroatoms. The summed E-state index contributed by atoms with van der Waals surface area (Å²) < 4.78 is 0. The molecule has 0 saturated carbocycles. The Hall–Kier alpha value is 2.64. The third kappa shape index (κ3) is 20.7. The Bertz CT molecular complexity index is 701. The first-order chi connectivity index (χ1) is 29.8. The summed E-state index contributed by atoms with van der Waals surface area (Å²) in [6.45, 7) is 45.4. The van der Waals surface area contributed by atoms with Gasteiger partial charge >= 0.3 is 0 Å². The molecule has 0 aromatic rings. The molecule has 63 heavy (non-hydrogen) atoms. The van der Waals surface area contributed by atoms with Crippen LogP contribution in [0, 0.1) is 50.0 Å². The summed E-state index contributed by atoms with van der Waals surface area (Å²) in [5, 5.41) is 0. The molecule has 0 N–H and O–H groups in total. The van der Waals surface area contributed by atoms with E-state index in [1.54, 1.807) is 109 Å². The Morgan fingerprint density at radius 2 is 0.222 bits per heavy atom. The average Bonchev–Trinajstić information content (AvgIpc) is 3.20. The molecule has 0 unspecified atom stereocenters. The smallest absolute Gasteiger partial charge is 0 e. The first kappa shape index (κ1) is 69.9. The van der Waals surface area contributed by atoms with E-state index in [4.69, 9.17) is 0 Å². The minimum atomic E-state index is -1.38. The van der Waals surface area contributed by atoms with E-state index in [1.165, 1.54) is 116 Å². The van der Waals surface area contributed by atoms with Crippen LogP contribution in [0.5, 0.6) is 0 Å². The summed E-state index contributed by atoms with van der Waals surface area (Å²) in [6.07, 6.45) is 26.0. The van der Waals surface area contributed by atoms with Crippen molar-refractivity contribution in [1.29, 1.82) is 0 Å². The van der Waals surface area contributed by atoms with Gasteiger partial charge in [-0.2, -0.15) is 0 Å². The summed E-state index contributed by atoms with van der Waals surface area (Å²) in [7, 11) is -8.27. The SMILES string of the molecule is CCC[Si](CCC)(CCC)[C-]([Si](CCC)(CCC)CCC)[Si](CCC)(CCC)CCC.CCC[Si](CCC)(CCC)[C-]([Si](CCC)(CCC)CCC)[Si](CCC)(CCC)CCC.[Sm]. The Morgan fingerprint density at radius 1 is 0.159 bits per heavy atom. The van der Waals surface area contributed by atoms with Crippen LogP contribution in [0.3, 0.4) is 0 Å². The van der Waals surface area contributed by atoms with Crippen LogP contribution in [-0.4, -0.2) is 48.4 Å². The Morgan fingerprint density at radius 3 is 0.270 bits per heavy atom. The number of hydrogen-bond acceptors (Lipinski definition) is 0. The Kier molecular flexibility index (Phi) is 44.7. The van der Waals surface area contributed by atoms with Crippen molar-refractivity contribution in [2.45, 2.75) is 349 Å². The van der Waals surface area contributed by atoms with Crippen molar-refractivity contribution in [3.63, 3.8) is 0 Å². The number of hydrogen-bond donors (Lipinski definition) is 0. The summed E-state index contributed by atoms with van der Waals surface area (Å²) in [4.78, 5) is 5.07. The van der Waals surface area contributed by atoms with Crippen molar-refractivity contribution in [3.05, 3.63) is 9.58 Å². The molecule has 0 atom stereocenters. The second-order valence-corrected chi connectivity index (χ2v) is 52.3. The molecule has 0 heterocycles. The van der Waals surface area contributed by atoms with Crippen LogP contribution in [0.15, 0.2) is 0 Å². The first-order valence-corrected chi connectivity index (χ1v) is 45.3. The van der Waals surface area contributed by atoms with E-state index in [1.807, 2.05) is 0 Å². The van der Waals surface area contributed by atoms with Gasteiger partial charge in [0.05, 0.1) is 0 Å². The van der Waals surface area contributed by atoms with Gasteiger partial charge in [-0.3, -0.25) is 0 Å². The predicted molar refractivity (Wildman–Crippen MR) is 313 cm³/mol. The van der Waals surface area contributed by atoms with Gasteiger partial charge in [-0.15, -0.1) is 0 Å². The van der Waals surface area contributed by atoms with Gasteiger partial charge in [0.15, 0.2) is 0 Å². The zero-order valence-corrected chi connectivity index (χ0v) is 56.5. The molecule has 0 bridgehead atoms. The van der Waals surface area contributed by atoms with Gasteiger partial charge in [0.2, 0.25) is 0 Å². The average molecular weight is 1120 g/mol. The molecule has 0 aromatic carbocycles. The van der Waals surface area contributed by atoms with E-state index in [2.05, 4.69) is 134 Å². The molecule has 0 amide bonds. The Labute approximate surface area is 443 Å². The molecular weight excluding hydrogens is 991 g/mol. The van der Waals surface area contributed by atoms with Gasteiger partial charge in [-0.05, 0) is 0 Å². The molecule has 382 valence electrons. The van der Waals surface area contributed by atoms with E-state index in [-0.39, 0.29) is 40.4 Å². The maximum Gasteiger partial charge on any atom is 0 e. The zero-order valence-electron chi connectivity index (χ0n) is 47.9. The topological polar surface area (TPSA) is 0 Å². The van der Waals surface area contributed by atoms with Crippen molar-refractivity contribution in [3.8, 4) is 0 Å². The van der Waals surface area contributed by atoms with Crippen LogP contribution in [0.4, 0.5) is 0 Å². The summed E-state index contributed by atoms with van der Waals surface area (Å²) >= 11 is 0. The molecular formula is C56H126Si6Sm-2. The molecule has 0 rings (SSSR count). The standard InChI is InChI=1S/2C28H63Si3.Sm/c2*1-10-19-29(20-11-2,21-12-3)28(30(22-13-4,23-14-5)24-15-6)31(25-16-7,26-17-8)27-18-9;/h2*10-27H2,1-9H3;/q2*-1;. The van der Waals surface area contributed by atoms with E-state index in [0.29, 0.717) is 0 Å². The van der Waals surface area contributed by atoms with Gasteiger partial charge in [0.1, 0.15) is 0 Å². The van der Waals surface area contributed by atoms with Gasteiger partial charge in [0, 0.05) is 40.4 Å². The minimum absolute atomic E-state index is 0. The quantitative estimate of drug-likeness (QED) is 0.0422. The van der Waals surface area contributed by atoms with Crippen LogP contribution in [0.2, 0.25) is 109 Å². The first-order valence-electron chi connectivity index (χ1n) is 29.6. The second-order valence-electron chi connectivity index (χ2n) is 21.9. The van der Waals surface area contributed by atoms with Crippen LogP contribution in [0.1, 0.15) is 240 Å². The van der Waals surface area contributed by atoms with E-state index in [0.717, 1.165) is 0 Å². The summed E-state index contributed by atoms with van der Waals surface area (Å²) in [6, 6.07) is 29.3. The fourth-order valence-electron chi connectivity index (χ4n) is 16.5. The largest absolute Gasteiger partial charge is 0.309 e. The monoisotopic (exact) mass is 1120 g/mol. The molecule has 0 aliphatic rings. The summed E-state index contributed by atoms with van der Waals surface area (Å²) in [5.41, 5.74) is 0. The van der Waals surface area contributed by atoms with Crippen molar-refractivity contribution in [2.75, 3.05) is 0 Å².